The molecule has 0 spiro atoms. The van der Waals surface area contributed by atoms with Crippen molar-refractivity contribution in [2.75, 3.05) is 15.5 Å². The topological polar surface area (TPSA) is 32.5 Å². The van der Waals surface area contributed by atoms with E-state index in [1.807, 2.05) is 12.2 Å². The highest BCUT2D eigenvalue weighted by atomic mass is 15.2. The lowest BCUT2D eigenvalue weighted by molar-refractivity contribution is 0.250. The molecule has 4 aromatic rings. The van der Waals surface area contributed by atoms with Crippen LogP contribution in [0.25, 0.3) is 0 Å². The van der Waals surface area contributed by atoms with Crippen molar-refractivity contribution in [2.24, 2.45) is 5.92 Å². The van der Waals surface area contributed by atoms with Gasteiger partial charge in [-0.25, -0.2) is 0 Å². The Morgan fingerprint density at radius 2 is 1.45 bits per heavy atom. The molecule has 3 nitrogen and oxygen atoms in total. The fourth-order valence-corrected chi connectivity index (χ4v) is 12.7. The predicted molar refractivity (Wildman–Crippen MR) is 260 cm³/mol. The summed E-state index contributed by atoms with van der Waals surface area (Å²) in [5, 5.41) is -0.390. The first kappa shape index (κ1) is 40.0. The van der Waals surface area contributed by atoms with E-state index in [1.54, 1.807) is 5.56 Å². The minimum absolute atomic E-state index is 0.0369. The number of benzene rings is 4. The SMILES string of the molecule is C=C/C=C(\C=C/C)N(C(/C=C\C)=C/C=C)c1ccc2c(c1)CC1(c3cccc(C)c3N)B2c2cc3c(c4c2N2c5c(cccc5CC1C2(C)C=C)C4)C(C)(C)CCC3(C)C. The van der Waals surface area contributed by atoms with Gasteiger partial charge in [-0.15, -0.1) is 6.58 Å². The lowest BCUT2D eigenvalue weighted by atomic mass is 9.24. The van der Waals surface area contributed by atoms with Gasteiger partial charge in [0.2, 0.25) is 6.71 Å². The van der Waals surface area contributed by atoms with Crippen LogP contribution in [0, 0.1) is 12.8 Å². The van der Waals surface area contributed by atoms with Crippen LogP contribution in [-0.2, 0) is 35.4 Å². The Balaban J connectivity index is 1.44. The molecule has 5 aliphatic rings. The Morgan fingerprint density at radius 1 is 0.783 bits per heavy atom. The normalized spacial score (nSPS) is 24.2. The van der Waals surface area contributed by atoms with Crippen molar-refractivity contribution in [2.45, 2.75) is 109 Å². The number of fused-ring (bicyclic) bond motifs is 8. The van der Waals surface area contributed by atoms with E-state index in [2.05, 4.69) is 182 Å². The van der Waals surface area contributed by atoms with Gasteiger partial charge in [0.15, 0.2) is 0 Å². The Kier molecular flexibility index (Phi) is 9.36. The summed E-state index contributed by atoms with van der Waals surface area (Å²) in [5.41, 5.74) is 28.3. The molecule has 3 unspecified atom stereocenters. The average Bonchev–Trinajstić information content (AvgIpc) is 3.54. The summed E-state index contributed by atoms with van der Waals surface area (Å²) < 4.78 is 0. The maximum atomic E-state index is 7.49. The lowest BCUT2D eigenvalue weighted by Crippen LogP contribution is -2.63. The van der Waals surface area contributed by atoms with E-state index < -0.39 is 10.9 Å². The van der Waals surface area contributed by atoms with Crippen LogP contribution in [-0.4, -0.2) is 12.3 Å². The molecule has 9 rings (SSSR count). The van der Waals surface area contributed by atoms with Gasteiger partial charge >= 0.3 is 0 Å². The molecular weight excluding hydrogens is 725 g/mol. The first-order chi connectivity index (χ1) is 28.7. The second-order valence-corrected chi connectivity index (χ2v) is 19.7. The minimum Gasteiger partial charge on any atom is -0.398 e. The molecule has 1 aliphatic carbocycles. The summed E-state index contributed by atoms with van der Waals surface area (Å²) in [4.78, 5) is 5.14. The zero-order chi connectivity index (χ0) is 42.5. The van der Waals surface area contributed by atoms with E-state index in [0.717, 1.165) is 47.6 Å². The lowest BCUT2D eigenvalue weighted by Gasteiger charge is -2.57. The maximum absolute atomic E-state index is 7.49. The van der Waals surface area contributed by atoms with Crippen molar-refractivity contribution in [3.8, 4) is 0 Å². The van der Waals surface area contributed by atoms with Gasteiger partial charge in [0.25, 0.3) is 0 Å². The number of nitrogens with two attached hydrogens (primary N) is 1. The van der Waals surface area contributed by atoms with Crippen LogP contribution in [0.2, 0.25) is 0 Å². The minimum atomic E-state index is -0.408. The Labute approximate surface area is 360 Å². The Morgan fingerprint density at radius 3 is 2.12 bits per heavy atom. The van der Waals surface area contributed by atoms with Crippen LogP contribution >= 0.6 is 0 Å². The summed E-state index contributed by atoms with van der Waals surface area (Å²) in [6.07, 6.45) is 23.8. The van der Waals surface area contributed by atoms with Gasteiger partial charge < -0.3 is 15.5 Å². The predicted octanol–water partition coefficient (Wildman–Crippen LogP) is 11.8. The fourth-order valence-electron chi connectivity index (χ4n) is 12.7. The number of allylic oxidation sites excluding steroid dienone is 8. The average molecular weight is 788 g/mol. The first-order valence-corrected chi connectivity index (χ1v) is 22.2. The van der Waals surface area contributed by atoms with E-state index in [0.29, 0.717) is 0 Å². The molecule has 0 amide bonds. The summed E-state index contributed by atoms with van der Waals surface area (Å²) in [5.74, 6) is 0.154. The molecule has 60 heavy (non-hydrogen) atoms. The molecule has 3 atom stereocenters. The molecule has 0 radical (unpaired) electrons. The van der Waals surface area contributed by atoms with E-state index in [-0.39, 0.29) is 23.5 Å². The van der Waals surface area contributed by atoms with Gasteiger partial charge in [-0.05, 0) is 156 Å². The summed E-state index contributed by atoms with van der Waals surface area (Å²) in [7, 11) is 0. The van der Waals surface area contributed by atoms with Crippen LogP contribution in [0.1, 0.15) is 106 Å². The van der Waals surface area contributed by atoms with Gasteiger partial charge in [-0.3, -0.25) is 0 Å². The number of aryl methyl sites for hydroxylation is 1. The van der Waals surface area contributed by atoms with Gasteiger partial charge in [-0.2, -0.15) is 0 Å². The first-order valence-electron chi connectivity index (χ1n) is 22.2. The van der Waals surface area contributed by atoms with Crippen molar-refractivity contribution in [1.82, 2.24) is 0 Å². The van der Waals surface area contributed by atoms with Crippen LogP contribution in [0.15, 0.2) is 146 Å². The van der Waals surface area contributed by atoms with E-state index in [1.165, 1.54) is 68.5 Å². The van der Waals surface area contributed by atoms with Crippen molar-refractivity contribution >= 4 is 40.4 Å². The number of rotatable bonds is 9. The number of para-hydroxylation sites is 2. The van der Waals surface area contributed by atoms with Gasteiger partial charge in [0.05, 0.1) is 5.54 Å². The van der Waals surface area contributed by atoms with Gasteiger partial charge in [0, 0.05) is 40.6 Å². The van der Waals surface area contributed by atoms with Crippen molar-refractivity contribution < 1.29 is 0 Å². The number of hydrogen-bond acceptors (Lipinski definition) is 3. The molecule has 2 bridgehead atoms. The summed E-state index contributed by atoms with van der Waals surface area (Å²) in [6, 6.07) is 24.0. The van der Waals surface area contributed by atoms with E-state index in [9.17, 15) is 0 Å². The number of nitrogen functional groups attached to an aromatic ring is 1. The Bertz CT molecular complexity index is 2600. The number of anilines is 4. The highest BCUT2D eigenvalue weighted by molar-refractivity contribution is 6.90. The summed E-state index contributed by atoms with van der Waals surface area (Å²) >= 11 is 0. The maximum Gasteiger partial charge on any atom is 0.223 e. The number of hydrogen-bond donors (Lipinski definition) is 1. The van der Waals surface area contributed by atoms with Gasteiger partial charge in [0.1, 0.15) is 0 Å². The van der Waals surface area contributed by atoms with Crippen molar-refractivity contribution in [1.29, 1.82) is 0 Å². The third-order valence-electron chi connectivity index (χ3n) is 15.5. The number of nitrogens with zero attached hydrogens (tertiary/aromatic N) is 2. The smallest absolute Gasteiger partial charge is 0.223 e. The molecule has 4 heterocycles. The monoisotopic (exact) mass is 788 g/mol. The molecule has 2 N–H and O–H groups in total. The van der Waals surface area contributed by atoms with E-state index in [4.69, 9.17) is 12.3 Å². The molecule has 4 heteroatoms. The fraction of sp³-hybridized carbons (Fsp3) is 0.321. The quantitative estimate of drug-likeness (QED) is 0.0794. The Hall–Kier alpha value is -5.48. The molecular formula is C56H62BN3. The van der Waals surface area contributed by atoms with Crippen LogP contribution < -0.4 is 26.5 Å². The second-order valence-electron chi connectivity index (χ2n) is 19.7. The van der Waals surface area contributed by atoms with Crippen molar-refractivity contribution in [3.05, 3.63) is 191 Å². The van der Waals surface area contributed by atoms with Crippen LogP contribution in [0.5, 0.6) is 0 Å². The molecule has 4 aliphatic heterocycles. The standard InChI is InChI=1S/C56H62BN3/c1-12-19-40(20-13-2)59(41(21-14-3)22-15-4)42-27-28-46-39(31-42)35-56(44-26-17-23-36(6)50(44)58)48-33-38-25-18-24-37-32-43-49-45(53(7,8)29-30-54(49,9)10)34-47(57(46)56)52(43)60(51(37)38)55(48,11)16-5/h12-28,31,34,48H,1,3,5,29-30,32-33,35,58H2,2,4,6-11H3/b20-13-,22-15-,40-19+,41-21+. The molecule has 0 fully saturated rings. The zero-order valence-corrected chi connectivity index (χ0v) is 37.3. The highest BCUT2D eigenvalue weighted by Gasteiger charge is 2.66. The van der Waals surface area contributed by atoms with Crippen molar-refractivity contribution in [3.63, 3.8) is 0 Å². The zero-order valence-electron chi connectivity index (χ0n) is 37.3. The molecule has 0 aromatic heterocycles. The second kappa shape index (κ2) is 14.0. The third kappa shape index (κ3) is 5.41. The molecule has 0 saturated heterocycles. The van der Waals surface area contributed by atoms with E-state index >= 15 is 0 Å². The highest BCUT2D eigenvalue weighted by Crippen LogP contribution is 2.63. The van der Waals surface area contributed by atoms with Gasteiger partial charge in [-0.1, -0.05) is 131 Å². The molecule has 304 valence electrons. The summed E-state index contributed by atoms with van der Waals surface area (Å²) in [6.45, 7) is 31.9. The molecule has 4 aromatic carbocycles. The molecule has 0 saturated carbocycles. The van der Waals surface area contributed by atoms with Crippen LogP contribution in [0.3, 0.4) is 0 Å². The third-order valence-corrected chi connectivity index (χ3v) is 15.5. The largest absolute Gasteiger partial charge is 0.398 e. The van der Waals surface area contributed by atoms with Crippen LogP contribution in [0.4, 0.5) is 22.7 Å².